The molecule has 22 heavy (non-hydrogen) atoms. The van der Waals surface area contributed by atoms with E-state index in [2.05, 4.69) is 4.72 Å². The van der Waals surface area contributed by atoms with Crippen molar-refractivity contribution in [1.29, 1.82) is 0 Å². The first kappa shape index (κ1) is 16.6. The van der Waals surface area contributed by atoms with Crippen molar-refractivity contribution < 1.29 is 12.8 Å². The molecule has 0 amide bonds. The molecule has 3 nitrogen and oxygen atoms in total. The molecule has 5 heteroatoms. The van der Waals surface area contributed by atoms with E-state index < -0.39 is 15.8 Å². The summed E-state index contributed by atoms with van der Waals surface area (Å²) in [5.41, 5.74) is 2.34. The zero-order valence-electron chi connectivity index (χ0n) is 12.9. The summed E-state index contributed by atoms with van der Waals surface area (Å²) in [5.74, 6) is -0.412. The van der Waals surface area contributed by atoms with E-state index in [4.69, 9.17) is 0 Å². The van der Waals surface area contributed by atoms with Gasteiger partial charge in [0.25, 0.3) is 0 Å². The third-order valence-electron chi connectivity index (χ3n) is 3.63. The predicted octanol–water partition coefficient (Wildman–Crippen LogP) is 3.87. The van der Waals surface area contributed by atoms with Gasteiger partial charge in [-0.25, -0.2) is 17.5 Å². The van der Waals surface area contributed by atoms with Gasteiger partial charge in [0.1, 0.15) is 5.82 Å². The van der Waals surface area contributed by atoms with Gasteiger partial charge in [-0.2, -0.15) is 0 Å². The minimum atomic E-state index is -3.69. The van der Waals surface area contributed by atoms with Crippen LogP contribution in [0.5, 0.6) is 0 Å². The molecule has 0 aliphatic carbocycles. The Morgan fingerprint density at radius 2 is 1.73 bits per heavy atom. The molecule has 0 aromatic heterocycles. The van der Waals surface area contributed by atoms with E-state index in [1.54, 1.807) is 6.92 Å². The van der Waals surface area contributed by atoms with Gasteiger partial charge in [-0.15, -0.1) is 0 Å². The molecule has 1 unspecified atom stereocenters. The zero-order valence-corrected chi connectivity index (χ0v) is 13.7. The van der Waals surface area contributed by atoms with Crippen LogP contribution in [-0.2, 0) is 10.0 Å². The van der Waals surface area contributed by atoms with Crippen molar-refractivity contribution >= 4 is 10.0 Å². The molecule has 2 aromatic rings. The topological polar surface area (TPSA) is 46.2 Å². The van der Waals surface area contributed by atoms with Gasteiger partial charge in [-0.3, -0.25) is 0 Å². The van der Waals surface area contributed by atoms with Crippen LogP contribution < -0.4 is 4.72 Å². The van der Waals surface area contributed by atoms with Crippen LogP contribution in [0.25, 0.3) is 0 Å². The summed E-state index contributed by atoms with van der Waals surface area (Å²) in [5, 5.41) is 0. The van der Waals surface area contributed by atoms with Crippen molar-refractivity contribution in [3.8, 4) is 0 Å². The average Bonchev–Trinajstić information content (AvgIpc) is 2.48. The summed E-state index contributed by atoms with van der Waals surface area (Å²) in [6.45, 7) is 5.45. The van der Waals surface area contributed by atoms with Gasteiger partial charge in [0.15, 0.2) is 0 Å². The zero-order chi connectivity index (χ0) is 16.3. The standard InChI is InChI=1S/C17H20FNO2S/c1-4-17(14-7-5-12(2)6-8-14)19-22(20,21)15-9-10-16(18)13(3)11-15/h5-11,17,19H,4H2,1-3H3. The second kappa shape index (κ2) is 6.58. The van der Waals surface area contributed by atoms with Gasteiger partial charge in [0, 0.05) is 6.04 Å². The van der Waals surface area contributed by atoms with Crippen LogP contribution in [0.4, 0.5) is 4.39 Å². The minimum absolute atomic E-state index is 0.0805. The maximum Gasteiger partial charge on any atom is 0.241 e. The fraction of sp³-hybridized carbons (Fsp3) is 0.294. The predicted molar refractivity (Wildman–Crippen MR) is 85.7 cm³/mol. The second-order valence-electron chi connectivity index (χ2n) is 5.40. The van der Waals surface area contributed by atoms with Crippen LogP contribution in [0.15, 0.2) is 47.4 Å². The molecule has 0 spiro atoms. The SMILES string of the molecule is CCC(NS(=O)(=O)c1ccc(F)c(C)c1)c1ccc(C)cc1. The molecule has 0 aliphatic rings. The largest absolute Gasteiger partial charge is 0.241 e. The van der Waals surface area contributed by atoms with Gasteiger partial charge < -0.3 is 0 Å². The first-order valence-corrected chi connectivity index (χ1v) is 8.67. The van der Waals surface area contributed by atoms with Crippen LogP contribution >= 0.6 is 0 Å². The minimum Gasteiger partial charge on any atom is -0.207 e. The molecule has 0 saturated heterocycles. The fourth-order valence-corrected chi connectivity index (χ4v) is 3.62. The molecule has 0 saturated carbocycles. The lowest BCUT2D eigenvalue weighted by Crippen LogP contribution is -2.28. The lowest BCUT2D eigenvalue weighted by molar-refractivity contribution is 0.549. The number of halogens is 1. The average molecular weight is 321 g/mol. The molecule has 0 aliphatic heterocycles. The highest BCUT2D eigenvalue weighted by atomic mass is 32.2. The Kier molecular flexibility index (Phi) is 4.98. The van der Waals surface area contributed by atoms with E-state index in [9.17, 15) is 12.8 Å². The molecule has 1 atom stereocenters. The van der Waals surface area contributed by atoms with Crippen LogP contribution in [0, 0.1) is 19.7 Å². The fourth-order valence-electron chi connectivity index (χ4n) is 2.23. The molecular weight excluding hydrogens is 301 g/mol. The molecule has 2 aromatic carbocycles. The Bertz CT molecular complexity index is 755. The number of hydrogen-bond donors (Lipinski definition) is 1. The molecule has 2 rings (SSSR count). The van der Waals surface area contributed by atoms with E-state index in [0.29, 0.717) is 12.0 Å². The van der Waals surface area contributed by atoms with Gasteiger partial charge in [-0.05, 0) is 49.6 Å². The summed E-state index contributed by atoms with van der Waals surface area (Å²) in [7, 11) is -3.69. The Hall–Kier alpha value is -1.72. The summed E-state index contributed by atoms with van der Waals surface area (Å²) >= 11 is 0. The summed E-state index contributed by atoms with van der Waals surface area (Å²) < 4.78 is 40.9. The van der Waals surface area contributed by atoms with E-state index in [1.165, 1.54) is 18.2 Å². The van der Waals surface area contributed by atoms with E-state index in [0.717, 1.165) is 11.1 Å². The maximum absolute atomic E-state index is 13.3. The van der Waals surface area contributed by atoms with Gasteiger partial charge in [0.05, 0.1) is 4.90 Å². The molecule has 0 radical (unpaired) electrons. The lowest BCUT2D eigenvalue weighted by Gasteiger charge is -2.18. The first-order valence-electron chi connectivity index (χ1n) is 7.18. The van der Waals surface area contributed by atoms with E-state index in [-0.39, 0.29) is 10.9 Å². The highest BCUT2D eigenvalue weighted by Gasteiger charge is 2.20. The van der Waals surface area contributed by atoms with Crippen molar-refractivity contribution in [3.05, 3.63) is 65.0 Å². The van der Waals surface area contributed by atoms with Crippen molar-refractivity contribution in [2.75, 3.05) is 0 Å². The Labute approximate surface area is 131 Å². The molecule has 0 fully saturated rings. The van der Waals surface area contributed by atoms with Crippen molar-refractivity contribution in [2.45, 2.75) is 38.1 Å². The van der Waals surface area contributed by atoms with Gasteiger partial charge >= 0.3 is 0 Å². The van der Waals surface area contributed by atoms with E-state index >= 15 is 0 Å². The van der Waals surface area contributed by atoms with Crippen molar-refractivity contribution in [2.24, 2.45) is 0 Å². The number of benzene rings is 2. The maximum atomic E-state index is 13.3. The van der Waals surface area contributed by atoms with Crippen LogP contribution in [-0.4, -0.2) is 8.42 Å². The highest BCUT2D eigenvalue weighted by molar-refractivity contribution is 7.89. The molecule has 0 bridgehead atoms. The number of rotatable bonds is 5. The van der Waals surface area contributed by atoms with Crippen LogP contribution in [0.2, 0.25) is 0 Å². The first-order chi connectivity index (χ1) is 10.3. The molecule has 1 N–H and O–H groups in total. The number of nitrogens with one attached hydrogen (secondary N) is 1. The monoisotopic (exact) mass is 321 g/mol. The number of sulfonamides is 1. The Morgan fingerprint density at radius 1 is 1.09 bits per heavy atom. The Balaban J connectivity index is 2.29. The molecule has 118 valence electrons. The van der Waals surface area contributed by atoms with Crippen LogP contribution in [0.1, 0.15) is 36.1 Å². The Morgan fingerprint density at radius 3 is 2.27 bits per heavy atom. The van der Waals surface area contributed by atoms with Crippen LogP contribution in [0.3, 0.4) is 0 Å². The van der Waals surface area contributed by atoms with Crippen molar-refractivity contribution in [1.82, 2.24) is 4.72 Å². The van der Waals surface area contributed by atoms with E-state index in [1.807, 2.05) is 38.1 Å². The third-order valence-corrected chi connectivity index (χ3v) is 5.09. The summed E-state index contributed by atoms with van der Waals surface area (Å²) in [4.78, 5) is 0.0805. The van der Waals surface area contributed by atoms with Gasteiger partial charge in [0.2, 0.25) is 10.0 Å². The lowest BCUT2D eigenvalue weighted by atomic mass is 10.0. The molecule has 0 heterocycles. The summed E-state index contributed by atoms with van der Waals surface area (Å²) in [6, 6.07) is 11.2. The number of hydrogen-bond acceptors (Lipinski definition) is 2. The normalized spacial score (nSPS) is 13.1. The van der Waals surface area contributed by atoms with Gasteiger partial charge in [-0.1, -0.05) is 36.8 Å². The highest BCUT2D eigenvalue weighted by Crippen LogP contribution is 2.21. The molecular formula is C17H20FNO2S. The summed E-state index contributed by atoms with van der Waals surface area (Å²) in [6.07, 6.45) is 0.627. The second-order valence-corrected chi connectivity index (χ2v) is 7.12. The quantitative estimate of drug-likeness (QED) is 0.908. The number of aryl methyl sites for hydroxylation is 2. The van der Waals surface area contributed by atoms with Crippen molar-refractivity contribution in [3.63, 3.8) is 0 Å². The smallest absolute Gasteiger partial charge is 0.207 e. The third kappa shape index (κ3) is 3.72.